The SMILES string of the molecule is CCCCCCCCCCc1cc(CCC(CO)(CO)NC(C)=O)on1. The van der Waals surface area contributed by atoms with E-state index >= 15 is 0 Å². The second kappa shape index (κ2) is 12.9. The minimum Gasteiger partial charge on any atom is -0.394 e. The number of unbranched alkanes of at least 4 members (excludes halogenated alkanes) is 7. The van der Waals surface area contributed by atoms with Crippen LogP contribution in [0.3, 0.4) is 0 Å². The highest BCUT2D eigenvalue weighted by Gasteiger charge is 2.29. The van der Waals surface area contributed by atoms with Crippen LogP contribution in [-0.4, -0.2) is 40.0 Å². The summed E-state index contributed by atoms with van der Waals surface area (Å²) < 4.78 is 5.35. The van der Waals surface area contributed by atoms with Crippen molar-refractivity contribution in [2.45, 2.75) is 90.0 Å². The third-order valence-electron chi connectivity index (χ3n) is 4.79. The zero-order valence-electron chi connectivity index (χ0n) is 16.4. The quantitative estimate of drug-likeness (QED) is 0.413. The van der Waals surface area contributed by atoms with Crippen LogP contribution in [-0.2, 0) is 17.6 Å². The maximum atomic E-state index is 11.3. The number of aryl methyl sites for hydroxylation is 2. The third-order valence-corrected chi connectivity index (χ3v) is 4.79. The van der Waals surface area contributed by atoms with Crippen LogP contribution in [0.1, 0.15) is 83.1 Å². The lowest BCUT2D eigenvalue weighted by Gasteiger charge is -2.30. The lowest BCUT2D eigenvalue weighted by atomic mass is 9.94. The molecule has 0 aromatic carbocycles. The van der Waals surface area contributed by atoms with Gasteiger partial charge in [-0.25, -0.2) is 0 Å². The summed E-state index contributed by atoms with van der Waals surface area (Å²) in [5.41, 5.74) is -0.0691. The Hall–Kier alpha value is -1.40. The number of aliphatic hydroxyl groups excluding tert-OH is 2. The van der Waals surface area contributed by atoms with Crippen molar-refractivity contribution in [2.24, 2.45) is 0 Å². The monoisotopic (exact) mass is 368 g/mol. The minimum absolute atomic E-state index is 0.277. The molecule has 150 valence electrons. The number of aliphatic hydroxyl groups is 2. The molecule has 0 atom stereocenters. The van der Waals surface area contributed by atoms with Gasteiger partial charge in [0, 0.05) is 19.4 Å². The second-order valence-corrected chi connectivity index (χ2v) is 7.29. The van der Waals surface area contributed by atoms with Crippen molar-refractivity contribution in [1.82, 2.24) is 10.5 Å². The summed E-state index contributed by atoms with van der Waals surface area (Å²) in [5, 5.41) is 25.8. The standard InChI is InChI=1S/C20H36N2O4/c1-3-4-5-6-7-8-9-10-11-18-14-19(26-22-18)12-13-20(15-23,16-24)21-17(2)25/h14,23-24H,3-13,15-16H2,1-2H3,(H,21,25). The van der Waals surface area contributed by atoms with E-state index in [2.05, 4.69) is 17.4 Å². The summed E-state index contributed by atoms with van der Waals surface area (Å²) in [6, 6.07) is 1.94. The molecule has 1 aromatic rings. The van der Waals surface area contributed by atoms with Gasteiger partial charge in [0.2, 0.25) is 5.91 Å². The first-order chi connectivity index (χ1) is 12.5. The maximum absolute atomic E-state index is 11.3. The predicted molar refractivity (Wildman–Crippen MR) is 102 cm³/mol. The Kier molecular flexibility index (Phi) is 11.2. The number of aromatic nitrogens is 1. The van der Waals surface area contributed by atoms with Gasteiger partial charge in [0.25, 0.3) is 0 Å². The Balaban J connectivity index is 2.28. The molecule has 0 bridgehead atoms. The van der Waals surface area contributed by atoms with Gasteiger partial charge in [0.15, 0.2) is 0 Å². The van der Waals surface area contributed by atoms with Gasteiger partial charge in [-0.05, 0) is 19.3 Å². The van der Waals surface area contributed by atoms with Crippen LogP contribution in [0, 0.1) is 0 Å². The average Bonchev–Trinajstić information content (AvgIpc) is 3.08. The van der Waals surface area contributed by atoms with Gasteiger partial charge in [-0.2, -0.15) is 0 Å². The van der Waals surface area contributed by atoms with Crippen molar-refractivity contribution >= 4 is 5.91 Å². The van der Waals surface area contributed by atoms with Crippen LogP contribution in [0.15, 0.2) is 10.6 Å². The highest BCUT2D eigenvalue weighted by molar-refractivity contribution is 5.73. The highest BCUT2D eigenvalue weighted by Crippen LogP contribution is 2.17. The van der Waals surface area contributed by atoms with E-state index in [1.807, 2.05) is 6.07 Å². The number of hydrogen-bond donors (Lipinski definition) is 3. The van der Waals surface area contributed by atoms with Gasteiger partial charge in [0.1, 0.15) is 5.76 Å². The van der Waals surface area contributed by atoms with Gasteiger partial charge >= 0.3 is 0 Å². The third kappa shape index (κ3) is 8.81. The molecular formula is C20H36N2O4. The fourth-order valence-corrected chi connectivity index (χ4v) is 3.12. The Bertz CT molecular complexity index is 498. The van der Waals surface area contributed by atoms with Crippen LogP contribution >= 0.6 is 0 Å². The minimum atomic E-state index is -1.02. The van der Waals surface area contributed by atoms with E-state index in [0.717, 1.165) is 24.3 Å². The smallest absolute Gasteiger partial charge is 0.217 e. The van der Waals surface area contributed by atoms with E-state index in [9.17, 15) is 15.0 Å². The molecule has 6 heteroatoms. The molecular weight excluding hydrogens is 332 g/mol. The van der Waals surface area contributed by atoms with Crippen LogP contribution in [0.5, 0.6) is 0 Å². The Labute approximate surface area is 157 Å². The number of nitrogens with one attached hydrogen (secondary N) is 1. The number of carbonyl (C=O) groups is 1. The molecule has 0 radical (unpaired) electrons. The number of nitrogens with zero attached hydrogens (tertiary/aromatic N) is 1. The molecule has 0 saturated carbocycles. The van der Waals surface area contributed by atoms with Crippen molar-refractivity contribution in [3.05, 3.63) is 17.5 Å². The lowest BCUT2D eigenvalue weighted by Crippen LogP contribution is -2.53. The fourth-order valence-electron chi connectivity index (χ4n) is 3.12. The van der Waals surface area contributed by atoms with Crippen LogP contribution in [0.2, 0.25) is 0 Å². The Morgan fingerprint density at radius 3 is 2.27 bits per heavy atom. The molecule has 6 nitrogen and oxygen atoms in total. The van der Waals surface area contributed by atoms with Crippen molar-refractivity contribution in [3.8, 4) is 0 Å². The van der Waals surface area contributed by atoms with Gasteiger partial charge in [0.05, 0.1) is 24.4 Å². The lowest BCUT2D eigenvalue weighted by molar-refractivity contribution is -0.122. The van der Waals surface area contributed by atoms with Gasteiger partial charge in [-0.15, -0.1) is 0 Å². The topological polar surface area (TPSA) is 95.6 Å². The zero-order valence-corrected chi connectivity index (χ0v) is 16.4. The molecule has 0 unspecified atom stereocenters. The summed E-state index contributed by atoms with van der Waals surface area (Å²) in [6.45, 7) is 2.97. The van der Waals surface area contributed by atoms with E-state index in [0.29, 0.717) is 12.8 Å². The number of carbonyl (C=O) groups excluding carboxylic acids is 1. The summed E-state index contributed by atoms with van der Waals surface area (Å²) in [5.74, 6) is 0.442. The normalized spacial score (nSPS) is 11.7. The second-order valence-electron chi connectivity index (χ2n) is 7.29. The average molecular weight is 369 g/mol. The molecule has 1 rings (SSSR count). The summed E-state index contributed by atoms with van der Waals surface area (Å²) in [4.78, 5) is 11.3. The zero-order chi connectivity index (χ0) is 19.3. The first-order valence-corrected chi connectivity index (χ1v) is 10.00. The first kappa shape index (κ1) is 22.6. The Morgan fingerprint density at radius 1 is 1.08 bits per heavy atom. The largest absolute Gasteiger partial charge is 0.394 e. The van der Waals surface area contributed by atoms with E-state index in [4.69, 9.17) is 4.52 Å². The molecule has 0 aliphatic carbocycles. The molecule has 0 fully saturated rings. The van der Waals surface area contributed by atoms with E-state index in [-0.39, 0.29) is 19.1 Å². The molecule has 0 aliphatic heterocycles. The predicted octanol–water partition coefficient (Wildman–Crippen LogP) is 3.15. The molecule has 1 aromatic heterocycles. The fraction of sp³-hybridized carbons (Fsp3) is 0.800. The van der Waals surface area contributed by atoms with Gasteiger partial charge in [-0.1, -0.05) is 57.0 Å². The van der Waals surface area contributed by atoms with E-state index in [1.54, 1.807) is 0 Å². The Morgan fingerprint density at radius 2 is 1.69 bits per heavy atom. The maximum Gasteiger partial charge on any atom is 0.217 e. The molecule has 3 N–H and O–H groups in total. The molecule has 1 amide bonds. The van der Waals surface area contributed by atoms with Crippen molar-refractivity contribution in [3.63, 3.8) is 0 Å². The van der Waals surface area contributed by atoms with Crippen LogP contribution in [0.4, 0.5) is 0 Å². The highest BCUT2D eigenvalue weighted by atomic mass is 16.5. The molecule has 1 heterocycles. The number of amides is 1. The summed E-state index contributed by atoms with van der Waals surface area (Å²) in [7, 11) is 0. The van der Waals surface area contributed by atoms with Crippen molar-refractivity contribution in [2.75, 3.05) is 13.2 Å². The van der Waals surface area contributed by atoms with E-state index in [1.165, 1.54) is 51.9 Å². The van der Waals surface area contributed by atoms with Gasteiger partial charge < -0.3 is 20.1 Å². The summed E-state index contributed by atoms with van der Waals surface area (Å²) in [6.07, 6.45) is 12.1. The van der Waals surface area contributed by atoms with Crippen LogP contribution < -0.4 is 5.32 Å². The molecule has 0 spiro atoms. The van der Waals surface area contributed by atoms with Crippen molar-refractivity contribution in [1.29, 1.82) is 0 Å². The number of rotatable bonds is 15. The molecule has 26 heavy (non-hydrogen) atoms. The van der Waals surface area contributed by atoms with Gasteiger partial charge in [-0.3, -0.25) is 4.79 Å². The summed E-state index contributed by atoms with van der Waals surface area (Å²) >= 11 is 0. The van der Waals surface area contributed by atoms with E-state index < -0.39 is 5.54 Å². The van der Waals surface area contributed by atoms with Crippen LogP contribution in [0.25, 0.3) is 0 Å². The first-order valence-electron chi connectivity index (χ1n) is 10.00. The number of hydrogen-bond acceptors (Lipinski definition) is 5. The molecule has 0 saturated heterocycles. The van der Waals surface area contributed by atoms with Crippen molar-refractivity contribution < 1.29 is 19.5 Å². The molecule has 0 aliphatic rings.